The molecule has 0 bridgehead atoms. The first-order chi connectivity index (χ1) is 14.2. The molecule has 0 radical (unpaired) electrons. The Morgan fingerprint density at radius 3 is 2.17 bits per heavy atom. The van der Waals surface area contributed by atoms with Crippen LogP contribution in [-0.4, -0.2) is 65.3 Å². The molecular formula is C22H34N4OS2. The zero-order valence-corrected chi connectivity index (χ0v) is 19.1. The topological polar surface area (TPSA) is 70.1 Å². The fraction of sp³-hybridized carbons (Fsp3) is 0.545. The number of aliphatic hydroxyl groups is 1. The molecule has 0 aromatic carbocycles. The fourth-order valence-electron chi connectivity index (χ4n) is 3.53. The lowest BCUT2D eigenvalue weighted by atomic mass is 9.74. The van der Waals surface area contributed by atoms with Gasteiger partial charge in [-0.05, 0) is 56.1 Å². The molecule has 0 saturated heterocycles. The van der Waals surface area contributed by atoms with Crippen LogP contribution in [0.3, 0.4) is 0 Å². The van der Waals surface area contributed by atoms with Crippen LogP contribution < -0.4 is 10.6 Å². The lowest BCUT2D eigenvalue weighted by Gasteiger charge is -2.37. The molecule has 2 aromatic rings. The van der Waals surface area contributed by atoms with Crippen LogP contribution >= 0.6 is 23.5 Å². The number of thioether (sulfide) groups is 2. The van der Waals surface area contributed by atoms with Crippen LogP contribution in [0, 0.1) is 0 Å². The molecule has 0 amide bonds. The molecule has 0 aliphatic rings. The van der Waals surface area contributed by atoms with Crippen molar-refractivity contribution in [2.45, 2.75) is 24.4 Å². The van der Waals surface area contributed by atoms with Gasteiger partial charge in [-0.2, -0.15) is 23.5 Å². The molecule has 0 saturated carbocycles. The third kappa shape index (κ3) is 7.90. The van der Waals surface area contributed by atoms with Gasteiger partial charge in [0.2, 0.25) is 0 Å². The molecule has 0 aliphatic carbocycles. The molecule has 0 fully saturated rings. The molecule has 5 nitrogen and oxygen atoms in total. The van der Waals surface area contributed by atoms with E-state index < -0.39 is 5.60 Å². The smallest absolute Gasteiger partial charge is 0.0992 e. The second-order valence-corrected chi connectivity index (χ2v) is 9.00. The molecule has 7 heteroatoms. The van der Waals surface area contributed by atoms with Crippen molar-refractivity contribution in [3.63, 3.8) is 0 Å². The first-order valence-corrected chi connectivity index (χ1v) is 12.9. The highest BCUT2D eigenvalue weighted by Gasteiger charge is 2.39. The lowest BCUT2D eigenvalue weighted by molar-refractivity contribution is -0.00427. The normalized spacial score (nSPS) is 14.4. The van der Waals surface area contributed by atoms with Gasteiger partial charge in [0.15, 0.2) is 0 Å². The van der Waals surface area contributed by atoms with E-state index in [1.165, 1.54) is 0 Å². The maximum atomic E-state index is 12.0. The van der Waals surface area contributed by atoms with Crippen molar-refractivity contribution >= 4 is 23.5 Å². The highest BCUT2D eigenvalue weighted by molar-refractivity contribution is 7.98. The SMILES string of the molecule is CSCCNCCC(c1cccnc1)C(O)(CCNCCSC)c1cccnc1. The van der Waals surface area contributed by atoms with Crippen molar-refractivity contribution in [3.8, 4) is 0 Å². The van der Waals surface area contributed by atoms with Crippen LogP contribution in [0.4, 0.5) is 0 Å². The Morgan fingerprint density at radius 2 is 1.59 bits per heavy atom. The average Bonchev–Trinajstić information content (AvgIpc) is 2.77. The second kappa shape index (κ2) is 14.0. The van der Waals surface area contributed by atoms with Crippen LogP contribution in [-0.2, 0) is 5.60 Å². The van der Waals surface area contributed by atoms with Crippen molar-refractivity contribution < 1.29 is 5.11 Å². The van der Waals surface area contributed by atoms with E-state index in [4.69, 9.17) is 0 Å². The third-order valence-corrected chi connectivity index (χ3v) is 6.31. The Bertz CT molecular complexity index is 662. The highest BCUT2D eigenvalue weighted by atomic mass is 32.2. The largest absolute Gasteiger partial charge is 0.384 e. The van der Waals surface area contributed by atoms with Gasteiger partial charge in [-0.1, -0.05) is 12.1 Å². The van der Waals surface area contributed by atoms with Crippen LogP contribution in [0.5, 0.6) is 0 Å². The van der Waals surface area contributed by atoms with Crippen molar-refractivity contribution in [1.82, 2.24) is 20.6 Å². The van der Waals surface area contributed by atoms with Crippen LogP contribution in [0.1, 0.15) is 29.9 Å². The van der Waals surface area contributed by atoms with E-state index in [0.717, 1.165) is 55.2 Å². The first-order valence-electron chi connectivity index (χ1n) is 10.1. The number of hydrogen-bond acceptors (Lipinski definition) is 7. The maximum Gasteiger partial charge on any atom is 0.0992 e. The summed E-state index contributed by atoms with van der Waals surface area (Å²) >= 11 is 3.66. The summed E-state index contributed by atoms with van der Waals surface area (Å²) in [5.41, 5.74) is 0.921. The number of hydrogen-bond donors (Lipinski definition) is 3. The standard InChI is InChI=1S/C22H34N4OS2/c1-28-15-13-23-11-7-21(19-5-3-9-25-17-19)22(27,8-12-24-14-16-29-2)20-6-4-10-26-18-20/h3-6,9-10,17-18,21,23-24,27H,7-8,11-16H2,1-2H3. The summed E-state index contributed by atoms with van der Waals surface area (Å²) in [5, 5.41) is 19.0. The summed E-state index contributed by atoms with van der Waals surface area (Å²) in [6, 6.07) is 7.91. The van der Waals surface area contributed by atoms with Crippen LogP contribution in [0.2, 0.25) is 0 Å². The summed E-state index contributed by atoms with van der Waals surface area (Å²) in [4.78, 5) is 8.61. The van der Waals surface area contributed by atoms with Gasteiger partial charge in [-0.25, -0.2) is 0 Å². The maximum absolute atomic E-state index is 12.0. The minimum atomic E-state index is -1.01. The van der Waals surface area contributed by atoms with Gasteiger partial charge in [-0.15, -0.1) is 0 Å². The van der Waals surface area contributed by atoms with E-state index in [0.29, 0.717) is 6.42 Å². The molecule has 2 unspecified atom stereocenters. The zero-order chi connectivity index (χ0) is 20.8. The van der Waals surface area contributed by atoms with Gasteiger partial charge in [-0.3, -0.25) is 9.97 Å². The summed E-state index contributed by atoms with van der Waals surface area (Å²) < 4.78 is 0. The molecule has 3 N–H and O–H groups in total. The molecular weight excluding hydrogens is 400 g/mol. The number of nitrogens with one attached hydrogen (secondary N) is 2. The van der Waals surface area contributed by atoms with Gasteiger partial charge in [0, 0.05) is 60.9 Å². The van der Waals surface area contributed by atoms with E-state index in [9.17, 15) is 5.11 Å². The van der Waals surface area contributed by atoms with E-state index in [1.807, 2.05) is 47.9 Å². The molecule has 2 aromatic heterocycles. The summed E-state index contributed by atoms with van der Waals surface area (Å²) in [5.74, 6) is 2.09. The first kappa shape index (κ1) is 24.2. The average molecular weight is 435 g/mol. The molecule has 29 heavy (non-hydrogen) atoms. The predicted octanol–water partition coefficient (Wildman–Crippen LogP) is 3.13. The van der Waals surface area contributed by atoms with E-state index in [1.54, 1.807) is 18.6 Å². The number of nitrogens with zero attached hydrogens (tertiary/aromatic N) is 2. The third-order valence-electron chi connectivity index (χ3n) is 5.08. The van der Waals surface area contributed by atoms with Crippen LogP contribution in [0.15, 0.2) is 49.1 Å². The van der Waals surface area contributed by atoms with Gasteiger partial charge >= 0.3 is 0 Å². The Balaban J connectivity index is 2.22. The number of aromatic nitrogens is 2. The molecule has 0 spiro atoms. The molecule has 0 aliphatic heterocycles. The monoisotopic (exact) mass is 434 g/mol. The number of pyridine rings is 2. The van der Waals surface area contributed by atoms with E-state index >= 15 is 0 Å². The predicted molar refractivity (Wildman–Crippen MR) is 127 cm³/mol. The Hall–Kier alpha value is -1.12. The van der Waals surface area contributed by atoms with Crippen molar-refractivity contribution in [1.29, 1.82) is 0 Å². The minimum Gasteiger partial charge on any atom is -0.384 e. The van der Waals surface area contributed by atoms with E-state index in [-0.39, 0.29) is 5.92 Å². The summed E-state index contributed by atoms with van der Waals surface area (Å²) in [7, 11) is 0. The quantitative estimate of drug-likeness (QED) is 0.372. The Kier molecular flexibility index (Phi) is 11.6. The Labute approximate surface area is 183 Å². The minimum absolute atomic E-state index is 0.0653. The second-order valence-electron chi connectivity index (χ2n) is 7.03. The molecule has 2 heterocycles. The van der Waals surface area contributed by atoms with Gasteiger partial charge in [0.05, 0.1) is 5.60 Å². The van der Waals surface area contributed by atoms with Gasteiger partial charge in [0.25, 0.3) is 0 Å². The molecule has 2 rings (SSSR count). The summed E-state index contributed by atoms with van der Waals surface area (Å²) in [6.07, 6.45) is 12.9. The lowest BCUT2D eigenvalue weighted by Crippen LogP contribution is -2.39. The van der Waals surface area contributed by atoms with Crippen molar-refractivity contribution in [2.75, 3.05) is 50.2 Å². The van der Waals surface area contributed by atoms with Gasteiger partial charge < -0.3 is 15.7 Å². The van der Waals surface area contributed by atoms with Gasteiger partial charge in [0.1, 0.15) is 0 Å². The van der Waals surface area contributed by atoms with Crippen LogP contribution in [0.25, 0.3) is 0 Å². The molecule has 2 atom stereocenters. The van der Waals surface area contributed by atoms with Crippen molar-refractivity contribution in [3.05, 3.63) is 60.2 Å². The van der Waals surface area contributed by atoms with Crippen molar-refractivity contribution in [2.24, 2.45) is 0 Å². The summed E-state index contributed by atoms with van der Waals surface area (Å²) in [6.45, 7) is 3.52. The molecule has 160 valence electrons. The Morgan fingerprint density at radius 1 is 0.931 bits per heavy atom. The zero-order valence-electron chi connectivity index (χ0n) is 17.5. The highest BCUT2D eigenvalue weighted by Crippen LogP contribution is 2.41. The van der Waals surface area contributed by atoms with E-state index in [2.05, 4.69) is 39.2 Å². The number of rotatable bonds is 15. The fourth-order valence-corrected chi connectivity index (χ4v) is 4.22.